The Bertz CT molecular complexity index is 314. The van der Waals surface area contributed by atoms with Crippen LogP contribution in [0.25, 0.3) is 0 Å². The van der Waals surface area contributed by atoms with E-state index in [0.717, 1.165) is 24.2 Å². The monoisotopic (exact) mass is 223 g/mol. The summed E-state index contributed by atoms with van der Waals surface area (Å²) in [5.74, 6) is 2.57. The van der Waals surface area contributed by atoms with Crippen LogP contribution in [-0.4, -0.2) is 20.2 Å². The summed E-state index contributed by atoms with van der Waals surface area (Å²) < 4.78 is 1.85. The van der Waals surface area contributed by atoms with Gasteiger partial charge in [-0.15, -0.1) is 5.10 Å². The van der Waals surface area contributed by atoms with Crippen molar-refractivity contribution in [1.29, 1.82) is 0 Å². The van der Waals surface area contributed by atoms with Gasteiger partial charge in [-0.1, -0.05) is 32.6 Å². The van der Waals surface area contributed by atoms with E-state index >= 15 is 0 Å². The predicted octanol–water partition coefficient (Wildman–Crippen LogP) is 1.35. The maximum Gasteiger partial charge on any atom is 0.164 e. The van der Waals surface area contributed by atoms with Gasteiger partial charge >= 0.3 is 0 Å². The fraction of sp³-hybridized carbons (Fsp3) is 0.909. The molecular formula is C11H21N5. The molecule has 1 aliphatic rings. The lowest BCUT2D eigenvalue weighted by atomic mass is 9.81. The molecule has 1 aromatic rings. The van der Waals surface area contributed by atoms with E-state index in [9.17, 15) is 0 Å². The van der Waals surface area contributed by atoms with Crippen molar-refractivity contribution in [3.8, 4) is 0 Å². The van der Waals surface area contributed by atoms with Gasteiger partial charge in [-0.05, 0) is 28.7 Å². The van der Waals surface area contributed by atoms with Crippen LogP contribution in [0.2, 0.25) is 0 Å². The van der Waals surface area contributed by atoms with Gasteiger partial charge in [0.1, 0.15) is 0 Å². The summed E-state index contributed by atoms with van der Waals surface area (Å²) in [4.78, 5) is 0. The van der Waals surface area contributed by atoms with Gasteiger partial charge in [-0.2, -0.15) is 0 Å². The fourth-order valence-corrected chi connectivity index (χ4v) is 2.47. The molecule has 1 heterocycles. The second kappa shape index (κ2) is 5.39. The molecule has 1 aliphatic carbocycles. The lowest BCUT2D eigenvalue weighted by Gasteiger charge is -2.25. The van der Waals surface area contributed by atoms with Gasteiger partial charge in [0.05, 0.1) is 6.54 Å². The highest BCUT2D eigenvalue weighted by Crippen LogP contribution is 2.30. The van der Waals surface area contributed by atoms with Crippen LogP contribution in [0.5, 0.6) is 0 Å². The summed E-state index contributed by atoms with van der Waals surface area (Å²) in [7, 11) is 0. The van der Waals surface area contributed by atoms with Gasteiger partial charge in [0, 0.05) is 6.54 Å². The highest BCUT2D eigenvalue weighted by Gasteiger charge is 2.18. The number of nitrogens with zero attached hydrogens (tertiary/aromatic N) is 4. The SMILES string of the molecule is CC1CCC(CCn2nnnc2CN)CC1. The Morgan fingerprint density at radius 1 is 1.31 bits per heavy atom. The smallest absolute Gasteiger partial charge is 0.164 e. The molecule has 1 fully saturated rings. The van der Waals surface area contributed by atoms with Gasteiger partial charge in [0.2, 0.25) is 0 Å². The molecule has 5 nitrogen and oxygen atoms in total. The van der Waals surface area contributed by atoms with E-state index in [4.69, 9.17) is 5.73 Å². The molecule has 0 saturated heterocycles. The number of hydrogen-bond acceptors (Lipinski definition) is 4. The molecule has 0 aromatic carbocycles. The predicted molar refractivity (Wildman–Crippen MR) is 61.4 cm³/mol. The van der Waals surface area contributed by atoms with E-state index < -0.39 is 0 Å². The average molecular weight is 223 g/mol. The Balaban J connectivity index is 1.79. The largest absolute Gasteiger partial charge is 0.324 e. The topological polar surface area (TPSA) is 69.6 Å². The third-order valence-corrected chi connectivity index (χ3v) is 3.67. The van der Waals surface area contributed by atoms with Crippen molar-refractivity contribution in [2.75, 3.05) is 0 Å². The van der Waals surface area contributed by atoms with Crippen LogP contribution in [-0.2, 0) is 13.1 Å². The van der Waals surface area contributed by atoms with E-state index in [-0.39, 0.29) is 0 Å². The molecule has 2 N–H and O–H groups in total. The normalized spacial score (nSPS) is 25.9. The fourth-order valence-electron chi connectivity index (χ4n) is 2.47. The van der Waals surface area contributed by atoms with Gasteiger partial charge in [-0.25, -0.2) is 4.68 Å². The molecule has 0 spiro atoms. The molecule has 0 radical (unpaired) electrons. The molecule has 16 heavy (non-hydrogen) atoms. The molecule has 1 saturated carbocycles. The zero-order valence-electron chi connectivity index (χ0n) is 9.97. The van der Waals surface area contributed by atoms with E-state index in [1.165, 1.54) is 32.1 Å². The highest BCUT2D eigenvalue weighted by molar-refractivity contribution is 4.78. The highest BCUT2D eigenvalue weighted by atomic mass is 15.5. The summed E-state index contributed by atoms with van der Waals surface area (Å²) >= 11 is 0. The second-order valence-corrected chi connectivity index (χ2v) is 4.94. The van der Waals surface area contributed by atoms with E-state index in [1.54, 1.807) is 0 Å². The molecule has 5 heteroatoms. The summed E-state index contributed by atoms with van der Waals surface area (Å²) in [5.41, 5.74) is 5.56. The number of rotatable bonds is 4. The number of nitrogens with two attached hydrogens (primary N) is 1. The molecule has 0 unspecified atom stereocenters. The van der Waals surface area contributed by atoms with Crippen LogP contribution < -0.4 is 5.73 Å². The quantitative estimate of drug-likeness (QED) is 0.836. The third-order valence-electron chi connectivity index (χ3n) is 3.67. The summed E-state index contributed by atoms with van der Waals surface area (Å²) in [6, 6.07) is 0. The maximum absolute atomic E-state index is 5.56. The van der Waals surface area contributed by atoms with Crippen molar-refractivity contribution in [3.05, 3.63) is 5.82 Å². The van der Waals surface area contributed by atoms with Crippen molar-refractivity contribution < 1.29 is 0 Å². The lowest BCUT2D eigenvalue weighted by molar-refractivity contribution is 0.264. The Morgan fingerprint density at radius 2 is 2.06 bits per heavy atom. The molecule has 2 rings (SSSR count). The van der Waals surface area contributed by atoms with Gasteiger partial charge in [0.25, 0.3) is 0 Å². The van der Waals surface area contributed by atoms with Crippen molar-refractivity contribution in [2.24, 2.45) is 17.6 Å². The van der Waals surface area contributed by atoms with Crippen LogP contribution >= 0.6 is 0 Å². The van der Waals surface area contributed by atoms with Gasteiger partial charge < -0.3 is 5.73 Å². The summed E-state index contributed by atoms with van der Waals surface area (Å²) in [6.45, 7) is 3.69. The number of aromatic nitrogens is 4. The Kier molecular flexibility index (Phi) is 3.88. The zero-order chi connectivity index (χ0) is 11.4. The van der Waals surface area contributed by atoms with Crippen molar-refractivity contribution in [2.45, 2.75) is 52.1 Å². The Hall–Kier alpha value is -0.970. The molecule has 90 valence electrons. The number of aryl methyl sites for hydroxylation is 1. The molecule has 0 atom stereocenters. The van der Waals surface area contributed by atoms with Crippen LogP contribution in [0.3, 0.4) is 0 Å². The average Bonchev–Trinajstić information content (AvgIpc) is 2.76. The first-order valence-electron chi connectivity index (χ1n) is 6.24. The summed E-state index contributed by atoms with van der Waals surface area (Å²) in [6.07, 6.45) is 6.67. The maximum atomic E-state index is 5.56. The van der Waals surface area contributed by atoms with Crippen LogP contribution in [0.1, 0.15) is 44.9 Å². The van der Waals surface area contributed by atoms with Gasteiger partial charge in [-0.3, -0.25) is 0 Å². The number of hydrogen-bond donors (Lipinski definition) is 1. The number of tetrazole rings is 1. The second-order valence-electron chi connectivity index (χ2n) is 4.94. The molecule has 1 aromatic heterocycles. The first-order valence-corrected chi connectivity index (χ1v) is 6.24. The minimum Gasteiger partial charge on any atom is -0.324 e. The van der Waals surface area contributed by atoms with Crippen molar-refractivity contribution in [3.63, 3.8) is 0 Å². The molecular weight excluding hydrogens is 202 g/mol. The van der Waals surface area contributed by atoms with E-state index in [2.05, 4.69) is 22.4 Å². The third kappa shape index (κ3) is 2.78. The van der Waals surface area contributed by atoms with E-state index in [1.807, 2.05) is 4.68 Å². The minimum absolute atomic E-state index is 0.425. The minimum atomic E-state index is 0.425. The van der Waals surface area contributed by atoms with Crippen LogP contribution in [0.15, 0.2) is 0 Å². The standard InChI is InChI=1S/C11H21N5/c1-9-2-4-10(5-3-9)6-7-16-11(8-12)13-14-15-16/h9-10H,2-8,12H2,1H3. The Labute approximate surface area is 96.4 Å². The molecule has 0 bridgehead atoms. The van der Waals surface area contributed by atoms with Crippen LogP contribution in [0.4, 0.5) is 0 Å². The van der Waals surface area contributed by atoms with Crippen LogP contribution in [0, 0.1) is 11.8 Å². The lowest BCUT2D eigenvalue weighted by Crippen LogP contribution is -2.16. The van der Waals surface area contributed by atoms with E-state index in [0.29, 0.717) is 6.54 Å². The van der Waals surface area contributed by atoms with Crippen molar-refractivity contribution >= 4 is 0 Å². The summed E-state index contributed by atoms with van der Waals surface area (Å²) in [5, 5.41) is 11.5. The molecule has 0 aliphatic heterocycles. The zero-order valence-corrected chi connectivity index (χ0v) is 9.97. The Morgan fingerprint density at radius 3 is 2.75 bits per heavy atom. The molecule has 0 amide bonds. The van der Waals surface area contributed by atoms with Gasteiger partial charge in [0.15, 0.2) is 5.82 Å². The first-order chi connectivity index (χ1) is 7.79. The first kappa shape index (κ1) is 11.5. The van der Waals surface area contributed by atoms with Crippen molar-refractivity contribution in [1.82, 2.24) is 20.2 Å².